The number of carbonyl (C=O) groups excluding carboxylic acids is 3. The van der Waals surface area contributed by atoms with Crippen molar-refractivity contribution in [2.24, 2.45) is 0 Å². The topological polar surface area (TPSA) is 99.8 Å². The Labute approximate surface area is 241 Å². The number of alkyl halides is 3. The van der Waals surface area contributed by atoms with Crippen LogP contribution in [0.15, 0.2) is 36.4 Å². The molecule has 0 unspecified atom stereocenters. The number of nitrogens with zero attached hydrogens (tertiary/aromatic N) is 1. The van der Waals surface area contributed by atoms with Gasteiger partial charge in [-0.15, -0.1) is 11.3 Å². The van der Waals surface area contributed by atoms with Crippen molar-refractivity contribution in [3.8, 4) is 11.8 Å². The molecule has 1 atom stereocenters. The van der Waals surface area contributed by atoms with Gasteiger partial charge in [0.05, 0.1) is 17.2 Å². The van der Waals surface area contributed by atoms with Crippen molar-refractivity contribution < 1.29 is 19.1 Å². The fourth-order valence-electron chi connectivity index (χ4n) is 3.57. The van der Waals surface area contributed by atoms with Crippen molar-refractivity contribution >= 4 is 69.7 Å². The van der Waals surface area contributed by atoms with Gasteiger partial charge < -0.3 is 25.6 Å². The van der Waals surface area contributed by atoms with Crippen LogP contribution in [0.5, 0.6) is 0 Å². The number of hydrogen-bond acceptors (Lipinski definition) is 6. The highest BCUT2D eigenvalue weighted by molar-refractivity contribution is 7.15. The zero-order chi connectivity index (χ0) is 27.9. The molecule has 3 N–H and O–H groups in total. The average Bonchev–Trinajstić information content (AvgIpc) is 3.25. The molecule has 1 aromatic heterocycles. The first-order valence-corrected chi connectivity index (χ1v) is 13.9. The van der Waals surface area contributed by atoms with Gasteiger partial charge in [0.15, 0.2) is 0 Å². The molecule has 204 valence electrons. The number of amides is 3. The lowest BCUT2D eigenvalue weighted by Gasteiger charge is -2.34. The number of likely N-dealkylation sites (tertiary alicyclic amines) is 1. The first kappa shape index (κ1) is 29.9. The predicted octanol–water partition coefficient (Wildman–Crippen LogP) is 5.13. The molecule has 2 aromatic rings. The maximum atomic E-state index is 13.3. The summed E-state index contributed by atoms with van der Waals surface area (Å²) < 4.78 is 3.37. The standard InChI is InChI=1S/C26H29Cl3N4O4S/c1-25(2,3)37-24(36)33-13-7-10-18(15-33)32-22(34)21-20(30-16-31-23(35)26(27,28)29)14-19(38-21)12-11-17-8-5-4-6-9-17/h4-6,8-9,14,18,30H,7,10,13,15-16H2,1-3H3,(H,31,35)(H,32,34)/t18-/m0/s1. The highest BCUT2D eigenvalue weighted by Crippen LogP contribution is 2.28. The van der Waals surface area contributed by atoms with Gasteiger partial charge >= 0.3 is 6.09 Å². The Bertz CT molecular complexity index is 1210. The quantitative estimate of drug-likeness (QED) is 0.251. The van der Waals surface area contributed by atoms with E-state index in [2.05, 4.69) is 27.8 Å². The van der Waals surface area contributed by atoms with Gasteiger partial charge in [-0.05, 0) is 51.8 Å². The summed E-state index contributed by atoms with van der Waals surface area (Å²) in [5.41, 5.74) is 0.697. The second kappa shape index (κ2) is 12.9. The molecule has 0 radical (unpaired) electrons. The fraction of sp³-hybridized carbons (Fsp3) is 0.423. The largest absolute Gasteiger partial charge is 0.444 e. The van der Waals surface area contributed by atoms with Crippen molar-refractivity contribution in [3.63, 3.8) is 0 Å². The minimum atomic E-state index is -2.11. The normalized spacial score (nSPS) is 15.6. The Morgan fingerprint density at radius 3 is 2.50 bits per heavy atom. The minimum absolute atomic E-state index is 0.0782. The van der Waals surface area contributed by atoms with E-state index in [-0.39, 0.29) is 18.6 Å². The van der Waals surface area contributed by atoms with Crippen LogP contribution >= 0.6 is 46.1 Å². The third-order valence-corrected chi connectivity index (χ3v) is 6.80. The van der Waals surface area contributed by atoms with E-state index >= 15 is 0 Å². The van der Waals surface area contributed by atoms with Crippen molar-refractivity contribution in [2.45, 2.75) is 49.0 Å². The van der Waals surface area contributed by atoms with Crippen LogP contribution in [0.2, 0.25) is 0 Å². The monoisotopic (exact) mass is 598 g/mol. The number of rotatable bonds is 5. The molecular formula is C26H29Cl3N4O4S. The molecule has 3 rings (SSSR count). The van der Waals surface area contributed by atoms with Crippen LogP contribution in [-0.2, 0) is 9.53 Å². The van der Waals surface area contributed by atoms with Crippen molar-refractivity contribution in [2.75, 3.05) is 25.1 Å². The lowest BCUT2D eigenvalue weighted by atomic mass is 10.1. The number of thiophene rings is 1. The van der Waals surface area contributed by atoms with Crippen LogP contribution in [0, 0.1) is 11.8 Å². The second-order valence-electron chi connectivity index (χ2n) is 9.57. The average molecular weight is 600 g/mol. The molecule has 0 aliphatic carbocycles. The van der Waals surface area contributed by atoms with Crippen molar-refractivity contribution in [3.05, 3.63) is 51.7 Å². The highest BCUT2D eigenvalue weighted by Gasteiger charge is 2.31. The van der Waals surface area contributed by atoms with Gasteiger partial charge in [-0.2, -0.15) is 0 Å². The van der Waals surface area contributed by atoms with Gasteiger partial charge in [-0.1, -0.05) is 64.8 Å². The first-order valence-electron chi connectivity index (χ1n) is 11.9. The number of piperidine rings is 1. The Hall–Kier alpha value is -2.64. The van der Waals surface area contributed by atoms with Gasteiger partial charge in [0, 0.05) is 24.7 Å². The SMILES string of the molecule is CC(C)(C)OC(=O)N1CCC[C@H](NC(=O)c2sc(C#Cc3ccccc3)cc2NCNC(=O)C(Cl)(Cl)Cl)C1. The maximum Gasteiger partial charge on any atom is 0.410 e. The van der Waals surface area contributed by atoms with Gasteiger partial charge in [-0.25, -0.2) is 4.79 Å². The van der Waals surface area contributed by atoms with Crippen LogP contribution in [0.25, 0.3) is 0 Å². The molecule has 0 bridgehead atoms. The number of hydrogen-bond donors (Lipinski definition) is 3. The molecule has 38 heavy (non-hydrogen) atoms. The van der Waals surface area contributed by atoms with Crippen LogP contribution in [0.1, 0.15) is 53.7 Å². The molecule has 0 spiro atoms. The number of carbonyl (C=O) groups is 3. The summed E-state index contributed by atoms with van der Waals surface area (Å²) in [4.78, 5) is 40.3. The maximum absolute atomic E-state index is 13.3. The Morgan fingerprint density at radius 2 is 1.84 bits per heavy atom. The van der Waals surface area contributed by atoms with Crippen LogP contribution in [0.3, 0.4) is 0 Å². The number of ether oxygens (including phenoxy) is 1. The molecule has 0 saturated carbocycles. The van der Waals surface area contributed by atoms with E-state index in [9.17, 15) is 14.4 Å². The number of nitrogens with one attached hydrogen (secondary N) is 3. The molecule has 1 aliphatic heterocycles. The van der Waals surface area contributed by atoms with E-state index in [4.69, 9.17) is 39.5 Å². The van der Waals surface area contributed by atoms with E-state index in [1.165, 1.54) is 11.3 Å². The first-order chi connectivity index (χ1) is 17.8. The van der Waals surface area contributed by atoms with Crippen molar-refractivity contribution in [1.29, 1.82) is 0 Å². The summed E-state index contributed by atoms with van der Waals surface area (Å²) in [5.74, 6) is 5.02. The van der Waals surface area contributed by atoms with Gasteiger partial charge in [-0.3, -0.25) is 9.59 Å². The van der Waals surface area contributed by atoms with Gasteiger partial charge in [0.25, 0.3) is 15.6 Å². The summed E-state index contributed by atoms with van der Waals surface area (Å²) in [6, 6.07) is 10.9. The van der Waals surface area contributed by atoms with E-state index in [0.29, 0.717) is 28.5 Å². The molecule has 8 nitrogen and oxygen atoms in total. The zero-order valence-corrected chi connectivity index (χ0v) is 24.3. The molecule has 1 aromatic carbocycles. The summed E-state index contributed by atoms with van der Waals surface area (Å²) in [5, 5.41) is 8.47. The van der Waals surface area contributed by atoms with Crippen molar-refractivity contribution in [1.82, 2.24) is 15.5 Å². The van der Waals surface area contributed by atoms with Crippen LogP contribution < -0.4 is 16.0 Å². The van der Waals surface area contributed by atoms with Gasteiger partial charge in [0.2, 0.25) is 0 Å². The zero-order valence-electron chi connectivity index (χ0n) is 21.2. The second-order valence-corrected chi connectivity index (χ2v) is 12.9. The number of benzene rings is 1. The highest BCUT2D eigenvalue weighted by atomic mass is 35.6. The molecule has 12 heteroatoms. The Morgan fingerprint density at radius 1 is 1.13 bits per heavy atom. The minimum Gasteiger partial charge on any atom is -0.444 e. The smallest absolute Gasteiger partial charge is 0.410 e. The molecule has 1 saturated heterocycles. The van der Waals surface area contributed by atoms with E-state index < -0.39 is 21.4 Å². The number of halogens is 3. The van der Waals surface area contributed by atoms with E-state index in [1.54, 1.807) is 11.0 Å². The summed E-state index contributed by atoms with van der Waals surface area (Å²) >= 11 is 18.0. The predicted molar refractivity (Wildman–Crippen MR) is 152 cm³/mol. The number of anilines is 1. The van der Waals surface area contributed by atoms with Crippen LogP contribution in [0.4, 0.5) is 10.5 Å². The summed E-state index contributed by atoms with van der Waals surface area (Å²) in [6.07, 6.45) is 1.05. The molecule has 3 amide bonds. The summed E-state index contributed by atoms with van der Waals surface area (Å²) in [6.45, 7) is 6.27. The lowest BCUT2D eigenvalue weighted by Crippen LogP contribution is -2.50. The third-order valence-electron chi connectivity index (χ3n) is 5.24. The molecular weight excluding hydrogens is 571 g/mol. The molecule has 1 aliphatic rings. The van der Waals surface area contributed by atoms with E-state index in [0.717, 1.165) is 18.4 Å². The Kier molecular flexibility index (Phi) is 10.2. The van der Waals surface area contributed by atoms with Crippen LogP contribution in [-0.4, -0.2) is 58.0 Å². The lowest BCUT2D eigenvalue weighted by molar-refractivity contribution is -0.120. The Balaban J connectivity index is 1.74. The molecule has 1 fully saturated rings. The summed E-state index contributed by atoms with van der Waals surface area (Å²) in [7, 11) is 0. The van der Waals surface area contributed by atoms with E-state index in [1.807, 2.05) is 51.1 Å². The van der Waals surface area contributed by atoms with Gasteiger partial charge in [0.1, 0.15) is 10.5 Å². The third kappa shape index (κ3) is 9.28. The molecule has 2 heterocycles. The fourth-order valence-corrected chi connectivity index (χ4v) is 4.66.